The van der Waals surface area contributed by atoms with E-state index in [-0.39, 0.29) is 24.4 Å². The van der Waals surface area contributed by atoms with Gasteiger partial charge in [0.1, 0.15) is 5.82 Å². The molecule has 0 spiro atoms. The van der Waals surface area contributed by atoms with E-state index in [1.807, 2.05) is 47.1 Å². The van der Waals surface area contributed by atoms with Gasteiger partial charge in [0.25, 0.3) is 5.91 Å². The second kappa shape index (κ2) is 14.0. The average molecular weight is 619 g/mol. The van der Waals surface area contributed by atoms with Crippen molar-refractivity contribution in [2.75, 3.05) is 70.0 Å². The summed E-state index contributed by atoms with van der Waals surface area (Å²) in [6, 6.07) is 10.2. The molecule has 1 aromatic heterocycles. The molecule has 0 bridgehead atoms. The Hall–Kier alpha value is -3.90. The van der Waals surface area contributed by atoms with Crippen LogP contribution in [-0.4, -0.2) is 120 Å². The standard InChI is InChI=1S/C33H46N8O4/c1-23-20-24(22-36-30(23)34)21-29(31(42)39-13-7-26(8-14-39)38-18-11-35-12-19-38)45-33(44)40-15-9-27(10-16-40)41-17-6-25-4-2-3-5-28(25)37-32(41)43/h2-5,20,22,26-27,29,35H,6-19,21H2,1H3,(H2,34,36)(H,37,43)/t29-/m0/s1. The van der Waals surface area contributed by atoms with Crippen molar-refractivity contribution in [3.8, 4) is 0 Å². The lowest BCUT2D eigenvalue weighted by Gasteiger charge is -2.41. The first-order chi connectivity index (χ1) is 21.9. The number of nitrogens with two attached hydrogens (primary N) is 1. The van der Waals surface area contributed by atoms with Crippen molar-refractivity contribution in [1.82, 2.24) is 29.9 Å². The first-order valence-corrected chi connectivity index (χ1v) is 16.4. The SMILES string of the molecule is Cc1cc(C[C@H](OC(=O)N2CCC(N3CCc4ccccc4NC3=O)CC2)C(=O)N2CCC(N3CCNCC3)CC2)cnc1N. The number of carbonyl (C=O) groups excluding carboxylic acids is 3. The fourth-order valence-corrected chi connectivity index (χ4v) is 7.15. The number of nitrogen functional groups attached to an aromatic ring is 1. The van der Waals surface area contributed by atoms with E-state index in [2.05, 4.69) is 20.5 Å². The molecule has 3 fully saturated rings. The third kappa shape index (κ3) is 7.33. The van der Waals surface area contributed by atoms with Gasteiger partial charge in [-0.05, 0) is 61.8 Å². The van der Waals surface area contributed by atoms with Crippen molar-refractivity contribution in [2.45, 2.75) is 63.6 Å². The van der Waals surface area contributed by atoms with Crippen LogP contribution in [0.4, 0.5) is 21.1 Å². The van der Waals surface area contributed by atoms with Gasteiger partial charge in [-0.3, -0.25) is 9.69 Å². The minimum atomic E-state index is -0.953. The number of rotatable bonds is 6. The molecule has 4 amide bonds. The lowest BCUT2D eigenvalue weighted by molar-refractivity contribution is -0.142. The molecular weight excluding hydrogens is 572 g/mol. The molecule has 242 valence electrons. The number of amides is 4. The Labute approximate surface area is 265 Å². The zero-order chi connectivity index (χ0) is 31.3. The fraction of sp³-hybridized carbons (Fsp3) is 0.576. The van der Waals surface area contributed by atoms with Gasteiger partial charge in [0.05, 0.1) is 0 Å². The number of ether oxygens (including phenoxy) is 1. The van der Waals surface area contributed by atoms with Crippen LogP contribution in [0, 0.1) is 6.92 Å². The molecule has 1 aromatic carbocycles. The number of hydrogen-bond acceptors (Lipinski definition) is 8. The summed E-state index contributed by atoms with van der Waals surface area (Å²) in [4.78, 5) is 52.7. The molecule has 0 radical (unpaired) electrons. The summed E-state index contributed by atoms with van der Waals surface area (Å²) >= 11 is 0. The highest BCUT2D eigenvalue weighted by atomic mass is 16.6. The van der Waals surface area contributed by atoms with Crippen molar-refractivity contribution < 1.29 is 19.1 Å². The second-order valence-corrected chi connectivity index (χ2v) is 12.7. The molecule has 4 aliphatic heterocycles. The minimum absolute atomic E-state index is 0.0293. The quantitative estimate of drug-likeness (QED) is 0.449. The molecule has 4 N–H and O–H groups in total. The van der Waals surface area contributed by atoms with Crippen molar-refractivity contribution in [3.05, 3.63) is 53.2 Å². The third-order valence-corrected chi connectivity index (χ3v) is 9.86. The maximum absolute atomic E-state index is 13.9. The molecule has 12 heteroatoms. The number of piperidine rings is 2. The predicted octanol–water partition coefficient (Wildman–Crippen LogP) is 2.47. The average Bonchev–Trinajstić information content (AvgIpc) is 3.24. The van der Waals surface area contributed by atoms with Crippen LogP contribution in [0.5, 0.6) is 0 Å². The minimum Gasteiger partial charge on any atom is -0.436 e. The van der Waals surface area contributed by atoms with Crippen molar-refractivity contribution in [1.29, 1.82) is 0 Å². The zero-order valence-electron chi connectivity index (χ0n) is 26.2. The van der Waals surface area contributed by atoms with Crippen LogP contribution in [0.1, 0.15) is 42.4 Å². The van der Waals surface area contributed by atoms with E-state index in [1.54, 1.807) is 11.1 Å². The van der Waals surface area contributed by atoms with Gasteiger partial charge >= 0.3 is 12.1 Å². The number of nitrogens with one attached hydrogen (secondary N) is 2. The molecule has 0 aliphatic carbocycles. The summed E-state index contributed by atoms with van der Waals surface area (Å²) in [5.74, 6) is 0.283. The molecule has 12 nitrogen and oxygen atoms in total. The van der Waals surface area contributed by atoms with Crippen LogP contribution in [0.15, 0.2) is 36.5 Å². The molecule has 3 saturated heterocycles. The maximum Gasteiger partial charge on any atom is 0.410 e. The number of nitrogens with zero attached hydrogens (tertiary/aromatic N) is 5. The number of hydrogen-bond donors (Lipinski definition) is 3. The van der Waals surface area contributed by atoms with Crippen molar-refractivity contribution in [3.63, 3.8) is 0 Å². The fourth-order valence-electron chi connectivity index (χ4n) is 7.15. The molecule has 5 heterocycles. The number of urea groups is 1. The topological polar surface area (TPSA) is 136 Å². The molecule has 0 saturated carbocycles. The first kappa shape index (κ1) is 31.1. The van der Waals surface area contributed by atoms with E-state index in [1.165, 1.54) is 0 Å². The Bertz CT molecular complexity index is 1370. The Morgan fingerprint density at radius 1 is 0.978 bits per heavy atom. The number of piperazine rings is 1. The molecular formula is C33H46N8O4. The molecule has 45 heavy (non-hydrogen) atoms. The van der Waals surface area contributed by atoms with Gasteiger partial charge in [-0.25, -0.2) is 14.6 Å². The van der Waals surface area contributed by atoms with Gasteiger partial charge in [0.2, 0.25) is 0 Å². The highest BCUT2D eigenvalue weighted by Gasteiger charge is 2.36. The smallest absolute Gasteiger partial charge is 0.410 e. The predicted molar refractivity (Wildman–Crippen MR) is 172 cm³/mol. The summed E-state index contributed by atoms with van der Waals surface area (Å²) in [6.45, 7) is 8.80. The van der Waals surface area contributed by atoms with Crippen molar-refractivity contribution in [2.24, 2.45) is 0 Å². The number of likely N-dealkylation sites (tertiary alicyclic amines) is 2. The van der Waals surface area contributed by atoms with Gasteiger partial charge in [-0.1, -0.05) is 24.3 Å². The zero-order valence-corrected chi connectivity index (χ0v) is 26.2. The van der Waals surface area contributed by atoms with Gasteiger partial charge < -0.3 is 35.8 Å². The van der Waals surface area contributed by atoms with Crippen LogP contribution in [0.2, 0.25) is 0 Å². The van der Waals surface area contributed by atoms with E-state index in [9.17, 15) is 14.4 Å². The number of benzene rings is 1. The van der Waals surface area contributed by atoms with Gasteiger partial charge in [-0.2, -0.15) is 0 Å². The summed E-state index contributed by atoms with van der Waals surface area (Å²) in [7, 11) is 0. The monoisotopic (exact) mass is 618 g/mol. The summed E-state index contributed by atoms with van der Waals surface area (Å²) < 4.78 is 6.01. The number of anilines is 2. The summed E-state index contributed by atoms with van der Waals surface area (Å²) in [6.07, 6.45) is 4.36. The molecule has 0 unspecified atom stereocenters. The first-order valence-electron chi connectivity index (χ1n) is 16.4. The largest absolute Gasteiger partial charge is 0.436 e. The Kier molecular flexibility index (Phi) is 9.70. The third-order valence-electron chi connectivity index (χ3n) is 9.86. The molecule has 6 rings (SSSR count). The lowest BCUT2D eigenvalue weighted by Crippen LogP contribution is -2.54. The molecule has 2 aromatic rings. The van der Waals surface area contributed by atoms with E-state index < -0.39 is 12.2 Å². The molecule has 1 atom stereocenters. The number of aromatic nitrogens is 1. The lowest BCUT2D eigenvalue weighted by atomic mass is 10.0. The Morgan fingerprint density at radius 2 is 1.67 bits per heavy atom. The van der Waals surface area contributed by atoms with Crippen LogP contribution in [0.3, 0.4) is 0 Å². The summed E-state index contributed by atoms with van der Waals surface area (Å²) in [5, 5.41) is 6.45. The highest BCUT2D eigenvalue weighted by Crippen LogP contribution is 2.26. The van der Waals surface area contributed by atoms with E-state index in [4.69, 9.17) is 10.5 Å². The Balaban J connectivity index is 1.07. The number of fused-ring (bicyclic) bond motifs is 1. The van der Waals surface area contributed by atoms with Crippen LogP contribution >= 0.6 is 0 Å². The van der Waals surface area contributed by atoms with Gasteiger partial charge in [0, 0.05) is 89.3 Å². The normalized spacial score (nSPS) is 21.1. The second-order valence-electron chi connectivity index (χ2n) is 12.7. The number of pyridine rings is 1. The number of para-hydroxylation sites is 1. The van der Waals surface area contributed by atoms with E-state index in [0.29, 0.717) is 57.4 Å². The van der Waals surface area contributed by atoms with Gasteiger partial charge in [0.15, 0.2) is 6.10 Å². The highest BCUT2D eigenvalue weighted by molar-refractivity contribution is 5.91. The van der Waals surface area contributed by atoms with Crippen LogP contribution < -0.4 is 16.4 Å². The van der Waals surface area contributed by atoms with Crippen LogP contribution in [-0.2, 0) is 22.4 Å². The number of carbonyl (C=O) groups is 3. The van der Waals surface area contributed by atoms with E-state index in [0.717, 1.165) is 67.8 Å². The summed E-state index contributed by atoms with van der Waals surface area (Å²) in [5.41, 5.74) is 9.56. The van der Waals surface area contributed by atoms with Crippen LogP contribution in [0.25, 0.3) is 0 Å². The maximum atomic E-state index is 13.9. The van der Waals surface area contributed by atoms with E-state index >= 15 is 0 Å². The Morgan fingerprint density at radius 3 is 2.40 bits per heavy atom. The van der Waals surface area contributed by atoms with Gasteiger partial charge in [-0.15, -0.1) is 0 Å². The number of aryl methyl sites for hydroxylation is 1. The van der Waals surface area contributed by atoms with Crippen molar-refractivity contribution >= 4 is 29.5 Å². The molecule has 4 aliphatic rings.